The molecule has 1 amide bonds. The Labute approximate surface area is 177 Å². The highest BCUT2D eigenvalue weighted by molar-refractivity contribution is 8.00. The lowest BCUT2D eigenvalue weighted by Crippen LogP contribution is -2.26. The van der Waals surface area contributed by atoms with Crippen molar-refractivity contribution in [2.24, 2.45) is 7.05 Å². The van der Waals surface area contributed by atoms with Crippen molar-refractivity contribution in [3.8, 4) is 0 Å². The standard InChI is InChI=1S/C20H25N5O2S2/c1-11(2)25-15(9-10-21-25)22-17(26)12(3)28-20-23-18-16(19(27)24(20)4)13-7-5-6-8-14(13)29-18/h9-12H,5-8H2,1-4H3,(H,22,26). The van der Waals surface area contributed by atoms with Crippen LogP contribution < -0.4 is 10.9 Å². The molecule has 0 saturated heterocycles. The second kappa shape index (κ2) is 7.95. The quantitative estimate of drug-likeness (QED) is 0.491. The van der Waals surface area contributed by atoms with E-state index < -0.39 is 5.25 Å². The van der Waals surface area contributed by atoms with Gasteiger partial charge >= 0.3 is 0 Å². The molecule has 0 fully saturated rings. The molecule has 3 heterocycles. The third-order valence-electron chi connectivity index (χ3n) is 5.22. The highest BCUT2D eigenvalue weighted by atomic mass is 32.2. The van der Waals surface area contributed by atoms with Crippen LogP contribution in [0.3, 0.4) is 0 Å². The van der Waals surface area contributed by atoms with Gasteiger partial charge in [0.25, 0.3) is 5.56 Å². The Bertz CT molecular complexity index is 1130. The first kappa shape index (κ1) is 20.2. The topological polar surface area (TPSA) is 81.8 Å². The molecule has 3 aromatic rings. The molecule has 0 saturated carbocycles. The molecule has 1 unspecified atom stereocenters. The van der Waals surface area contributed by atoms with Crippen LogP contribution in [0.25, 0.3) is 10.2 Å². The third kappa shape index (κ3) is 3.73. The number of hydrogen-bond donors (Lipinski definition) is 1. The molecule has 0 aliphatic heterocycles. The fourth-order valence-corrected chi connectivity index (χ4v) is 5.81. The van der Waals surface area contributed by atoms with E-state index in [1.54, 1.807) is 39.9 Å². The summed E-state index contributed by atoms with van der Waals surface area (Å²) in [6.45, 7) is 5.85. The van der Waals surface area contributed by atoms with E-state index in [9.17, 15) is 9.59 Å². The van der Waals surface area contributed by atoms with Crippen molar-refractivity contribution in [1.29, 1.82) is 0 Å². The summed E-state index contributed by atoms with van der Waals surface area (Å²) in [6, 6.07) is 1.93. The highest BCUT2D eigenvalue weighted by Gasteiger charge is 2.24. The van der Waals surface area contributed by atoms with Crippen LogP contribution in [0, 0.1) is 0 Å². The van der Waals surface area contributed by atoms with Gasteiger partial charge in [0.15, 0.2) is 5.16 Å². The predicted molar refractivity (Wildman–Crippen MR) is 118 cm³/mol. The minimum absolute atomic E-state index is 0.0117. The van der Waals surface area contributed by atoms with Crippen LogP contribution in [0.15, 0.2) is 22.2 Å². The van der Waals surface area contributed by atoms with E-state index in [0.29, 0.717) is 11.0 Å². The molecule has 29 heavy (non-hydrogen) atoms. The van der Waals surface area contributed by atoms with Gasteiger partial charge in [-0.3, -0.25) is 14.2 Å². The number of carbonyl (C=O) groups excluding carboxylic acids is 1. The van der Waals surface area contributed by atoms with Crippen LogP contribution in [0.4, 0.5) is 5.82 Å². The van der Waals surface area contributed by atoms with Gasteiger partial charge in [-0.1, -0.05) is 11.8 Å². The van der Waals surface area contributed by atoms with Crippen molar-refractivity contribution >= 4 is 45.0 Å². The van der Waals surface area contributed by atoms with E-state index in [2.05, 4.69) is 10.4 Å². The largest absolute Gasteiger partial charge is 0.310 e. The van der Waals surface area contributed by atoms with Crippen LogP contribution in [0.2, 0.25) is 0 Å². The number of fused-ring (bicyclic) bond motifs is 3. The van der Waals surface area contributed by atoms with Crippen LogP contribution >= 0.6 is 23.1 Å². The van der Waals surface area contributed by atoms with Crippen LogP contribution in [0.1, 0.15) is 50.1 Å². The Morgan fingerprint density at radius 2 is 2.03 bits per heavy atom. The van der Waals surface area contributed by atoms with Gasteiger partial charge in [0.1, 0.15) is 10.6 Å². The van der Waals surface area contributed by atoms with Crippen molar-refractivity contribution in [2.75, 3.05) is 5.32 Å². The first-order valence-electron chi connectivity index (χ1n) is 9.89. The molecule has 1 aliphatic carbocycles. The molecule has 0 radical (unpaired) electrons. The average molecular weight is 432 g/mol. The number of thioether (sulfide) groups is 1. The summed E-state index contributed by atoms with van der Waals surface area (Å²) in [5.41, 5.74) is 1.18. The van der Waals surface area contributed by atoms with Crippen molar-refractivity contribution in [3.63, 3.8) is 0 Å². The molecular formula is C20H25N5O2S2. The number of thiophene rings is 1. The van der Waals surface area contributed by atoms with Gasteiger partial charge in [0.2, 0.25) is 5.91 Å². The fraction of sp³-hybridized carbons (Fsp3) is 0.500. The Morgan fingerprint density at radius 3 is 2.79 bits per heavy atom. The van der Waals surface area contributed by atoms with Crippen LogP contribution in [0.5, 0.6) is 0 Å². The maximum atomic E-state index is 13.0. The molecule has 1 aliphatic rings. The molecule has 154 valence electrons. The van der Waals surface area contributed by atoms with E-state index in [1.165, 1.54) is 28.6 Å². The van der Waals surface area contributed by atoms with Crippen molar-refractivity contribution in [1.82, 2.24) is 19.3 Å². The maximum Gasteiger partial charge on any atom is 0.262 e. The molecule has 4 rings (SSSR count). The minimum atomic E-state index is -0.407. The molecule has 0 spiro atoms. The number of aromatic nitrogens is 4. The van der Waals surface area contributed by atoms with Gasteiger partial charge in [-0.25, -0.2) is 9.67 Å². The smallest absolute Gasteiger partial charge is 0.262 e. The number of hydrogen-bond acceptors (Lipinski definition) is 6. The minimum Gasteiger partial charge on any atom is -0.310 e. The third-order valence-corrected chi connectivity index (χ3v) is 7.55. The normalized spacial score (nSPS) is 14.9. The number of rotatable bonds is 5. The summed E-state index contributed by atoms with van der Waals surface area (Å²) in [7, 11) is 1.74. The zero-order chi connectivity index (χ0) is 20.7. The van der Waals surface area contributed by atoms with E-state index in [-0.39, 0.29) is 17.5 Å². The molecule has 7 nitrogen and oxygen atoms in total. The van der Waals surface area contributed by atoms with Crippen LogP contribution in [-0.2, 0) is 24.7 Å². The maximum absolute atomic E-state index is 13.0. The lowest BCUT2D eigenvalue weighted by molar-refractivity contribution is -0.115. The number of anilines is 1. The van der Waals surface area contributed by atoms with Gasteiger partial charge < -0.3 is 5.32 Å². The molecule has 1 atom stereocenters. The molecule has 9 heteroatoms. The van der Waals surface area contributed by atoms with Crippen LogP contribution in [-0.4, -0.2) is 30.5 Å². The Morgan fingerprint density at radius 1 is 1.28 bits per heavy atom. The summed E-state index contributed by atoms with van der Waals surface area (Å²) in [6.07, 6.45) is 5.96. The summed E-state index contributed by atoms with van der Waals surface area (Å²) in [4.78, 5) is 32.6. The molecule has 0 aromatic carbocycles. The van der Waals surface area contributed by atoms with Crippen molar-refractivity contribution in [3.05, 3.63) is 33.1 Å². The van der Waals surface area contributed by atoms with Crippen molar-refractivity contribution < 1.29 is 4.79 Å². The van der Waals surface area contributed by atoms with Gasteiger partial charge in [0, 0.05) is 24.0 Å². The lowest BCUT2D eigenvalue weighted by Gasteiger charge is -2.15. The summed E-state index contributed by atoms with van der Waals surface area (Å²) in [5, 5.41) is 8.11. The van der Waals surface area contributed by atoms with Crippen molar-refractivity contribution in [2.45, 2.75) is 62.9 Å². The second-order valence-electron chi connectivity index (χ2n) is 7.65. The number of nitrogens with one attached hydrogen (secondary N) is 1. The molecule has 1 N–H and O–H groups in total. The summed E-state index contributed by atoms with van der Waals surface area (Å²) < 4.78 is 3.35. The zero-order valence-electron chi connectivity index (χ0n) is 17.1. The van der Waals surface area contributed by atoms with E-state index in [0.717, 1.165) is 29.5 Å². The number of amides is 1. The predicted octanol–water partition coefficient (Wildman–Crippen LogP) is 3.77. The first-order valence-corrected chi connectivity index (χ1v) is 11.6. The summed E-state index contributed by atoms with van der Waals surface area (Å²) in [5.74, 6) is 0.526. The molecular weight excluding hydrogens is 406 g/mol. The number of aryl methyl sites for hydroxylation is 2. The van der Waals surface area contributed by atoms with E-state index in [4.69, 9.17) is 4.98 Å². The Balaban J connectivity index is 1.58. The Kier molecular flexibility index (Phi) is 5.52. The van der Waals surface area contributed by atoms with Gasteiger partial charge in [0.05, 0.1) is 16.8 Å². The number of nitrogens with zero attached hydrogens (tertiary/aromatic N) is 4. The first-order chi connectivity index (χ1) is 13.9. The van der Waals surface area contributed by atoms with E-state index in [1.807, 2.05) is 20.8 Å². The Hall–Kier alpha value is -2.13. The average Bonchev–Trinajstić information content (AvgIpc) is 3.29. The lowest BCUT2D eigenvalue weighted by atomic mass is 9.97. The zero-order valence-corrected chi connectivity index (χ0v) is 18.7. The van der Waals surface area contributed by atoms with Gasteiger partial charge in [-0.15, -0.1) is 11.3 Å². The SMILES string of the molecule is CC(Sc1nc2sc3c(c2c(=O)n1C)CCCC3)C(=O)Nc1ccnn1C(C)C. The summed E-state index contributed by atoms with van der Waals surface area (Å²) >= 11 is 2.94. The monoisotopic (exact) mass is 431 g/mol. The second-order valence-corrected chi connectivity index (χ2v) is 10.0. The number of carbonyl (C=O) groups is 1. The highest BCUT2D eigenvalue weighted by Crippen LogP contribution is 2.35. The fourth-order valence-electron chi connectivity index (χ4n) is 3.64. The van der Waals surface area contributed by atoms with E-state index >= 15 is 0 Å². The van der Waals surface area contributed by atoms with Gasteiger partial charge in [-0.05, 0) is 52.0 Å². The molecule has 3 aromatic heterocycles. The molecule has 0 bridgehead atoms. The van der Waals surface area contributed by atoms with Gasteiger partial charge in [-0.2, -0.15) is 5.10 Å².